The summed E-state index contributed by atoms with van der Waals surface area (Å²) in [4.78, 5) is 24.3. The van der Waals surface area contributed by atoms with E-state index < -0.39 is 35.3 Å². The number of alkyl halides is 3. The molecule has 7 heteroatoms. The monoisotopic (exact) mass is 336 g/mol. The summed E-state index contributed by atoms with van der Waals surface area (Å²) in [5, 5.41) is 11.7. The average molecular weight is 336 g/mol. The topological polar surface area (TPSA) is 70.0 Å². The van der Waals surface area contributed by atoms with Gasteiger partial charge in [-0.25, -0.2) is 0 Å². The predicted octanol–water partition coefficient (Wildman–Crippen LogP) is 2.80. The second kappa shape index (κ2) is 5.93. The first-order chi connectivity index (χ1) is 11.3. The fourth-order valence-corrected chi connectivity index (χ4v) is 2.80. The molecule has 0 spiro atoms. The standard InChI is InChI=1S/C17H15F3N2O2/c18-17(19,20)10-3-1-2-9(6-10)12-7-13(12)15(23)14(8-21)16(24)22-11-4-5-11/h1-3,6,11-14H,4-5,7H2,(H,22,24)/t12-,13-,14+/m1/s1. The maximum Gasteiger partial charge on any atom is 0.416 e. The van der Waals surface area contributed by atoms with E-state index in [9.17, 15) is 22.8 Å². The maximum atomic E-state index is 12.8. The predicted molar refractivity (Wildman–Crippen MR) is 77.6 cm³/mol. The van der Waals surface area contributed by atoms with E-state index in [0.29, 0.717) is 12.0 Å². The largest absolute Gasteiger partial charge is 0.416 e. The lowest BCUT2D eigenvalue weighted by atomic mass is 9.97. The van der Waals surface area contributed by atoms with Gasteiger partial charge in [0.2, 0.25) is 5.91 Å². The first-order valence-electron chi connectivity index (χ1n) is 7.72. The molecule has 1 aromatic rings. The van der Waals surface area contributed by atoms with Gasteiger partial charge in [-0.3, -0.25) is 9.59 Å². The Labute approximate surface area is 136 Å². The van der Waals surface area contributed by atoms with Gasteiger partial charge in [0.15, 0.2) is 11.7 Å². The minimum Gasteiger partial charge on any atom is -0.352 e. The third-order valence-corrected chi connectivity index (χ3v) is 4.40. The van der Waals surface area contributed by atoms with E-state index >= 15 is 0 Å². The van der Waals surface area contributed by atoms with E-state index in [0.717, 1.165) is 25.0 Å². The first-order valence-corrected chi connectivity index (χ1v) is 7.72. The smallest absolute Gasteiger partial charge is 0.352 e. The van der Waals surface area contributed by atoms with E-state index in [-0.39, 0.29) is 12.0 Å². The first kappa shape index (κ1) is 16.5. The summed E-state index contributed by atoms with van der Waals surface area (Å²) in [6, 6.07) is 6.62. The van der Waals surface area contributed by atoms with Crippen LogP contribution >= 0.6 is 0 Å². The Morgan fingerprint density at radius 1 is 1.29 bits per heavy atom. The van der Waals surface area contributed by atoms with Gasteiger partial charge in [0.25, 0.3) is 0 Å². The molecule has 2 saturated carbocycles. The molecule has 2 fully saturated rings. The van der Waals surface area contributed by atoms with Crippen molar-refractivity contribution in [2.75, 3.05) is 0 Å². The zero-order valence-electron chi connectivity index (χ0n) is 12.6. The van der Waals surface area contributed by atoms with E-state index in [4.69, 9.17) is 5.26 Å². The number of ketones is 1. The van der Waals surface area contributed by atoms with Gasteiger partial charge in [0.1, 0.15) is 0 Å². The molecule has 3 rings (SSSR count). The molecule has 1 N–H and O–H groups in total. The van der Waals surface area contributed by atoms with Crippen molar-refractivity contribution in [3.63, 3.8) is 0 Å². The summed E-state index contributed by atoms with van der Waals surface area (Å²) in [6.07, 6.45) is -2.39. The Morgan fingerprint density at radius 2 is 2.00 bits per heavy atom. The Kier molecular flexibility index (Phi) is 4.08. The number of nitrogens with one attached hydrogen (secondary N) is 1. The summed E-state index contributed by atoms with van der Waals surface area (Å²) >= 11 is 0. The van der Waals surface area contributed by atoms with Crippen molar-refractivity contribution in [3.8, 4) is 6.07 Å². The normalized spacial score (nSPS) is 23.9. The van der Waals surface area contributed by atoms with Crippen LogP contribution in [0, 0.1) is 23.2 Å². The van der Waals surface area contributed by atoms with Crippen LogP contribution in [0.25, 0.3) is 0 Å². The third-order valence-electron chi connectivity index (χ3n) is 4.40. The lowest BCUT2D eigenvalue weighted by Gasteiger charge is -2.10. The van der Waals surface area contributed by atoms with E-state index in [1.807, 2.05) is 0 Å². The zero-order chi connectivity index (χ0) is 17.5. The summed E-state index contributed by atoms with van der Waals surface area (Å²) in [5.41, 5.74) is -0.344. The molecule has 0 radical (unpaired) electrons. The van der Waals surface area contributed by atoms with Crippen molar-refractivity contribution in [2.24, 2.45) is 11.8 Å². The molecule has 4 nitrogen and oxygen atoms in total. The number of nitrogens with zero attached hydrogens (tertiary/aromatic N) is 1. The number of Topliss-reactive ketones (excluding diaryl/α,β-unsaturated/α-hetero) is 1. The molecule has 126 valence electrons. The number of carbonyl (C=O) groups excluding carboxylic acids is 2. The van der Waals surface area contributed by atoms with Crippen LogP contribution in [0.1, 0.15) is 36.3 Å². The van der Waals surface area contributed by atoms with Crippen molar-refractivity contribution in [3.05, 3.63) is 35.4 Å². The molecular formula is C17H15F3N2O2. The Bertz CT molecular complexity index is 719. The number of halogens is 3. The quantitative estimate of drug-likeness (QED) is 0.841. The van der Waals surface area contributed by atoms with Gasteiger partial charge in [-0.15, -0.1) is 0 Å². The fraction of sp³-hybridized carbons (Fsp3) is 0.471. The Balaban J connectivity index is 1.68. The molecule has 0 saturated heterocycles. The van der Waals surface area contributed by atoms with Crippen LogP contribution in [0.4, 0.5) is 13.2 Å². The van der Waals surface area contributed by atoms with Crippen LogP contribution < -0.4 is 5.32 Å². The Hall–Kier alpha value is -2.36. The van der Waals surface area contributed by atoms with E-state index in [2.05, 4.69) is 5.32 Å². The van der Waals surface area contributed by atoms with Gasteiger partial charge in [-0.05, 0) is 36.8 Å². The van der Waals surface area contributed by atoms with Crippen molar-refractivity contribution in [1.29, 1.82) is 5.26 Å². The minimum atomic E-state index is -4.44. The number of benzene rings is 1. The summed E-state index contributed by atoms with van der Waals surface area (Å²) < 4.78 is 38.3. The highest BCUT2D eigenvalue weighted by Gasteiger charge is 2.48. The van der Waals surface area contributed by atoms with Gasteiger partial charge in [0.05, 0.1) is 11.6 Å². The van der Waals surface area contributed by atoms with E-state index in [1.165, 1.54) is 6.07 Å². The average Bonchev–Trinajstić information content (AvgIpc) is 3.41. The molecule has 0 bridgehead atoms. The van der Waals surface area contributed by atoms with Crippen LogP contribution in [0.2, 0.25) is 0 Å². The molecule has 1 amide bonds. The van der Waals surface area contributed by atoms with Gasteiger partial charge >= 0.3 is 6.18 Å². The molecule has 0 aromatic heterocycles. The van der Waals surface area contributed by atoms with Crippen molar-refractivity contribution in [2.45, 2.75) is 37.4 Å². The van der Waals surface area contributed by atoms with Crippen molar-refractivity contribution in [1.82, 2.24) is 5.32 Å². The number of carbonyl (C=O) groups is 2. The highest BCUT2D eigenvalue weighted by molar-refractivity contribution is 6.06. The van der Waals surface area contributed by atoms with Gasteiger partial charge < -0.3 is 5.32 Å². The summed E-state index contributed by atoms with van der Waals surface area (Å²) in [6.45, 7) is 0. The lowest BCUT2D eigenvalue weighted by Crippen LogP contribution is -2.36. The van der Waals surface area contributed by atoms with Crippen LogP contribution in [-0.4, -0.2) is 17.7 Å². The molecule has 24 heavy (non-hydrogen) atoms. The second-order valence-corrected chi connectivity index (χ2v) is 6.32. The van der Waals surface area contributed by atoms with Crippen LogP contribution in [0.3, 0.4) is 0 Å². The third kappa shape index (κ3) is 3.42. The van der Waals surface area contributed by atoms with Crippen LogP contribution in [0.5, 0.6) is 0 Å². The van der Waals surface area contributed by atoms with Crippen LogP contribution in [-0.2, 0) is 15.8 Å². The summed E-state index contributed by atoms with van der Waals surface area (Å²) in [7, 11) is 0. The molecule has 3 atom stereocenters. The number of hydrogen-bond donors (Lipinski definition) is 1. The highest BCUT2D eigenvalue weighted by atomic mass is 19.4. The molecule has 1 aromatic carbocycles. The highest BCUT2D eigenvalue weighted by Crippen LogP contribution is 2.49. The van der Waals surface area contributed by atoms with Crippen molar-refractivity contribution < 1.29 is 22.8 Å². The van der Waals surface area contributed by atoms with E-state index in [1.54, 1.807) is 12.1 Å². The second-order valence-electron chi connectivity index (χ2n) is 6.32. The zero-order valence-corrected chi connectivity index (χ0v) is 12.6. The maximum absolute atomic E-state index is 12.8. The summed E-state index contributed by atoms with van der Waals surface area (Å²) in [5.74, 6) is -3.41. The number of amides is 1. The number of hydrogen-bond acceptors (Lipinski definition) is 3. The van der Waals surface area contributed by atoms with Crippen molar-refractivity contribution >= 4 is 11.7 Å². The molecule has 0 heterocycles. The molecular weight excluding hydrogens is 321 g/mol. The molecule has 2 aliphatic carbocycles. The molecule has 0 unspecified atom stereocenters. The molecule has 0 aliphatic heterocycles. The number of nitriles is 1. The molecule has 2 aliphatic rings. The van der Waals surface area contributed by atoms with Gasteiger partial charge in [-0.2, -0.15) is 18.4 Å². The Morgan fingerprint density at radius 3 is 2.58 bits per heavy atom. The van der Waals surface area contributed by atoms with Gasteiger partial charge in [0, 0.05) is 12.0 Å². The lowest BCUT2D eigenvalue weighted by molar-refractivity contribution is -0.137. The van der Waals surface area contributed by atoms with Gasteiger partial charge in [-0.1, -0.05) is 18.2 Å². The van der Waals surface area contributed by atoms with Crippen LogP contribution in [0.15, 0.2) is 24.3 Å². The minimum absolute atomic E-state index is 0.0413. The SMILES string of the molecule is N#C[C@H](C(=O)NC1CC1)C(=O)[C@@H]1C[C@@H]1c1cccc(C(F)(F)F)c1. The fourth-order valence-electron chi connectivity index (χ4n) is 2.80. The number of rotatable bonds is 5.